The Balaban J connectivity index is 2.40. The summed E-state index contributed by atoms with van der Waals surface area (Å²) >= 11 is 0. The van der Waals surface area contributed by atoms with Crippen molar-refractivity contribution in [3.05, 3.63) is 29.8 Å². The molecule has 94 valence electrons. The van der Waals surface area contributed by atoms with Crippen molar-refractivity contribution in [2.45, 2.75) is 13.8 Å². The van der Waals surface area contributed by atoms with Crippen LogP contribution >= 0.6 is 0 Å². The molecule has 17 heavy (non-hydrogen) atoms. The quantitative estimate of drug-likeness (QED) is 0.711. The van der Waals surface area contributed by atoms with Gasteiger partial charge in [0.05, 0.1) is 6.61 Å². The minimum Gasteiger partial charge on any atom is -0.385 e. The topological polar surface area (TPSA) is 50.4 Å². The molecule has 0 atom stereocenters. The van der Waals surface area contributed by atoms with Gasteiger partial charge in [-0.25, -0.2) is 0 Å². The Labute approximate surface area is 102 Å². The second-order valence-corrected chi connectivity index (χ2v) is 3.56. The number of hydrogen-bond acceptors (Lipinski definition) is 3. The zero-order chi connectivity index (χ0) is 12.5. The van der Waals surface area contributed by atoms with Crippen LogP contribution in [-0.4, -0.2) is 32.2 Å². The van der Waals surface area contributed by atoms with Gasteiger partial charge in [0.1, 0.15) is 0 Å². The Morgan fingerprint density at radius 3 is 2.53 bits per heavy atom. The molecular formula is C13H20N2O2. The van der Waals surface area contributed by atoms with Crippen molar-refractivity contribution < 1.29 is 9.53 Å². The monoisotopic (exact) mass is 236 g/mol. The predicted molar refractivity (Wildman–Crippen MR) is 69.4 cm³/mol. The van der Waals surface area contributed by atoms with Gasteiger partial charge in [0, 0.05) is 30.9 Å². The van der Waals surface area contributed by atoms with E-state index in [-0.39, 0.29) is 5.91 Å². The number of ether oxygens (including phenoxy) is 1. The summed E-state index contributed by atoms with van der Waals surface area (Å²) in [6.45, 7) is 6.61. The van der Waals surface area contributed by atoms with Gasteiger partial charge in [-0.15, -0.1) is 0 Å². The number of rotatable bonds is 7. The Morgan fingerprint density at radius 2 is 1.94 bits per heavy atom. The van der Waals surface area contributed by atoms with E-state index in [1.54, 1.807) is 0 Å². The van der Waals surface area contributed by atoms with Crippen molar-refractivity contribution >= 4 is 11.6 Å². The normalized spacial score (nSPS) is 10.0. The molecule has 1 rings (SSSR count). The van der Waals surface area contributed by atoms with Crippen molar-refractivity contribution in [1.82, 2.24) is 5.32 Å². The van der Waals surface area contributed by atoms with E-state index in [1.165, 1.54) is 0 Å². The fraction of sp³-hybridized carbons (Fsp3) is 0.462. The lowest BCUT2D eigenvalue weighted by molar-refractivity contribution is 0.0922. The van der Waals surface area contributed by atoms with Gasteiger partial charge in [-0.05, 0) is 38.1 Å². The van der Waals surface area contributed by atoms with Crippen LogP contribution in [0.3, 0.4) is 0 Å². The molecule has 2 N–H and O–H groups in total. The summed E-state index contributed by atoms with van der Waals surface area (Å²) in [6, 6.07) is 7.43. The lowest BCUT2D eigenvalue weighted by Crippen LogP contribution is -2.27. The highest BCUT2D eigenvalue weighted by Gasteiger charge is 2.03. The van der Waals surface area contributed by atoms with Crippen molar-refractivity contribution in [2.75, 3.05) is 31.6 Å². The summed E-state index contributed by atoms with van der Waals surface area (Å²) in [6.07, 6.45) is 0. The van der Waals surface area contributed by atoms with Gasteiger partial charge in [0.15, 0.2) is 0 Å². The molecule has 0 heterocycles. The molecule has 1 aromatic carbocycles. The van der Waals surface area contributed by atoms with E-state index in [4.69, 9.17) is 4.74 Å². The van der Waals surface area contributed by atoms with Crippen molar-refractivity contribution in [3.8, 4) is 0 Å². The largest absolute Gasteiger partial charge is 0.385 e. The van der Waals surface area contributed by atoms with E-state index >= 15 is 0 Å². The minimum absolute atomic E-state index is 0.0623. The van der Waals surface area contributed by atoms with E-state index < -0.39 is 0 Å². The zero-order valence-corrected chi connectivity index (χ0v) is 10.5. The summed E-state index contributed by atoms with van der Waals surface area (Å²) in [7, 11) is 0. The summed E-state index contributed by atoms with van der Waals surface area (Å²) in [5, 5.41) is 5.98. The van der Waals surface area contributed by atoms with Crippen LogP contribution in [0.1, 0.15) is 24.2 Å². The molecule has 0 spiro atoms. The molecule has 4 nitrogen and oxygen atoms in total. The number of amides is 1. The number of benzene rings is 1. The van der Waals surface area contributed by atoms with Gasteiger partial charge in [0.25, 0.3) is 5.91 Å². The van der Waals surface area contributed by atoms with E-state index in [1.807, 2.05) is 38.1 Å². The van der Waals surface area contributed by atoms with E-state index in [9.17, 15) is 4.79 Å². The van der Waals surface area contributed by atoms with Gasteiger partial charge in [-0.2, -0.15) is 0 Å². The molecule has 1 aromatic rings. The standard InChI is InChI=1S/C13H20N2O2/c1-3-14-12-7-5-11(6-8-12)13(16)15-9-10-17-4-2/h5-8,14H,3-4,9-10H2,1-2H3,(H,15,16). The Morgan fingerprint density at radius 1 is 1.24 bits per heavy atom. The van der Waals surface area contributed by atoms with Gasteiger partial charge in [-0.1, -0.05) is 0 Å². The van der Waals surface area contributed by atoms with Crippen molar-refractivity contribution in [3.63, 3.8) is 0 Å². The highest BCUT2D eigenvalue weighted by atomic mass is 16.5. The highest BCUT2D eigenvalue weighted by Crippen LogP contribution is 2.08. The fourth-order valence-electron chi connectivity index (χ4n) is 1.43. The van der Waals surface area contributed by atoms with Crippen LogP contribution in [0.4, 0.5) is 5.69 Å². The average molecular weight is 236 g/mol. The first-order valence-corrected chi connectivity index (χ1v) is 5.97. The van der Waals surface area contributed by atoms with E-state index in [0.717, 1.165) is 12.2 Å². The molecule has 0 radical (unpaired) electrons. The first kappa shape index (κ1) is 13.5. The second-order valence-electron chi connectivity index (χ2n) is 3.56. The SMILES string of the molecule is CCNc1ccc(C(=O)NCCOCC)cc1. The van der Waals surface area contributed by atoms with Crippen LogP contribution in [0.15, 0.2) is 24.3 Å². The molecule has 0 unspecified atom stereocenters. The maximum atomic E-state index is 11.7. The van der Waals surface area contributed by atoms with Gasteiger partial charge in [-0.3, -0.25) is 4.79 Å². The number of anilines is 1. The molecule has 0 bridgehead atoms. The van der Waals surface area contributed by atoms with Crippen LogP contribution in [0, 0.1) is 0 Å². The molecule has 0 saturated carbocycles. The summed E-state index contributed by atoms with van der Waals surface area (Å²) in [5.74, 6) is -0.0623. The molecule has 1 amide bonds. The third kappa shape index (κ3) is 4.87. The summed E-state index contributed by atoms with van der Waals surface area (Å²) in [5.41, 5.74) is 1.70. The maximum Gasteiger partial charge on any atom is 0.251 e. The van der Waals surface area contributed by atoms with Gasteiger partial charge in [0.2, 0.25) is 0 Å². The van der Waals surface area contributed by atoms with Crippen LogP contribution < -0.4 is 10.6 Å². The molecule has 0 aliphatic rings. The van der Waals surface area contributed by atoms with Crippen LogP contribution in [0.2, 0.25) is 0 Å². The minimum atomic E-state index is -0.0623. The molecule has 0 aliphatic heterocycles. The molecular weight excluding hydrogens is 216 g/mol. The molecule has 0 aliphatic carbocycles. The summed E-state index contributed by atoms with van der Waals surface area (Å²) in [4.78, 5) is 11.7. The molecule has 0 fully saturated rings. The fourth-order valence-corrected chi connectivity index (χ4v) is 1.43. The molecule has 4 heteroatoms. The number of nitrogens with one attached hydrogen (secondary N) is 2. The van der Waals surface area contributed by atoms with Crippen LogP contribution in [0.5, 0.6) is 0 Å². The third-order valence-corrected chi connectivity index (χ3v) is 2.26. The molecule has 0 aromatic heterocycles. The van der Waals surface area contributed by atoms with Crippen LogP contribution in [0.25, 0.3) is 0 Å². The Kier molecular flexibility index (Phi) is 6.10. The first-order valence-electron chi connectivity index (χ1n) is 5.97. The Hall–Kier alpha value is -1.55. The maximum absolute atomic E-state index is 11.7. The van der Waals surface area contributed by atoms with Crippen molar-refractivity contribution in [2.24, 2.45) is 0 Å². The highest BCUT2D eigenvalue weighted by molar-refractivity contribution is 5.94. The third-order valence-electron chi connectivity index (χ3n) is 2.26. The zero-order valence-electron chi connectivity index (χ0n) is 10.5. The number of carbonyl (C=O) groups excluding carboxylic acids is 1. The van der Waals surface area contributed by atoms with E-state index in [2.05, 4.69) is 10.6 Å². The van der Waals surface area contributed by atoms with Gasteiger partial charge >= 0.3 is 0 Å². The first-order chi connectivity index (χ1) is 8.27. The summed E-state index contributed by atoms with van der Waals surface area (Å²) < 4.78 is 5.15. The smallest absolute Gasteiger partial charge is 0.251 e. The molecule has 0 saturated heterocycles. The second kappa shape index (κ2) is 7.68. The van der Waals surface area contributed by atoms with E-state index in [0.29, 0.717) is 25.3 Å². The van der Waals surface area contributed by atoms with Crippen molar-refractivity contribution in [1.29, 1.82) is 0 Å². The Bertz CT molecular complexity index is 336. The van der Waals surface area contributed by atoms with Gasteiger partial charge < -0.3 is 15.4 Å². The number of carbonyl (C=O) groups is 1. The predicted octanol–water partition coefficient (Wildman–Crippen LogP) is 1.88. The average Bonchev–Trinajstić information content (AvgIpc) is 2.36. The lowest BCUT2D eigenvalue weighted by atomic mass is 10.2. The van der Waals surface area contributed by atoms with Crippen LogP contribution in [-0.2, 0) is 4.74 Å². The lowest BCUT2D eigenvalue weighted by Gasteiger charge is -2.07. The number of hydrogen-bond donors (Lipinski definition) is 2.